The van der Waals surface area contributed by atoms with E-state index in [9.17, 15) is 0 Å². The highest BCUT2D eigenvalue weighted by atomic mass is 32.1. The Morgan fingerprint density at radius 2 is 1.71 bits per heavy atom. The third-order valence-corrected chi connectivity index (χ3v) is 4.24. The molecule has 0 N–H and O–H groups in total. The third kappa shape index (κ3) is 3.36. The molecule has 0 fully saturated rings. The number of aromatic nitrogens is 1. The molecule has 0 atom stereocenters. The van der Waals surface area contributed by atoms with Crippen LogP contribution < -0.4 is 0 Å². The second kappa shape index (κ2) is 6.34. The quantitative estimate of drug-likeness (QED) is 0.711. The summed E-state index contributed by atoms with van der Waals surface area (Å²) in [5.74, 6) is 0. The fourth-order valence-corrected chi connectivity index (χ4v) is 2.98. The molecule has 0 spiro atoms. The molecule has 1 aromatic heterocycles. The van der Waals surface area contributed by atoms with E-state index >= 15 is 0 Å². The van der Waals surface area contributed by atoms with Crippen LogP contribution in [0.1, 0.15) is 16.1 Å². The van der Waals surface area contributed by atoms with E-state index < -0.39 is 0 Å². The number of hydrogen-bond acceptors (Lipinski definition) is 3. The van der Waals surface area contributed by atoms with E-state index in [4.69, 9.17) is 5.26 Å². The minimum absolute atomic E-state index is 0.679. The van der Waals surface area contributed by atoms with Crippen molar-refractivity contribution in [3.63, 3.8) is 0 Å². The predicted octanol–water partition coefficient (Wildman–Crippen LogP) is 4.47. The van der Waals surface area contributed by atoms with Crippen molar-refractivity contribution in [2.45, 2.75) is 12.8 Å². The van der Waals surface area contributed by atoms with Gasteiger partial charge in [0.1, 0.15) is 0 Å². The summed E-state index contributed by atoms with van der Waals surface area (Å²) < 4.78 is 0. The van der Waals surface area contributed by atoms with Gasteiger partial charge in [0.2, 0.25) is 0 Å². The maximum Gasteiger partial charge on any atom is 0.0991 e. The summed E-state index contributed by atoms with van der Waals surface area (Å²) in [7, 11) is 0. The van der Waals surface area contributed by atoms with Crippen LogP contribution in [0.5, 0.6) is 0 Å². The van der Waals surface area contributed by atoms with Crippen molar-refractivity contribution < 1.29 is 0 Å². The molecule has 3 rings (SSSR count). The number of aryl methyl sites for hydroxylation is 2. The smallest absolute Gasteiger partial charge is 0.0991 e. The Labute approximate surface area is 128 Å². The molecule has 2 nitrogen and oxygen atoms in total. The Balaban J connectivity index is 1.69. The predicted molar refractivity (Wildman–Crippen MR) is 86.1 cm³/mol. The topological polar surface area (TPSA) is 36.7 Å². The zero-order chi connectivity index (χ0) is 14.5. The average Bonchev–Trinajstić information content (AvgIpc) is 3.03. The summed E-state index contributed by atoms with van der Waals surface area (Å²) in [6.07, 6.45) is 1.98. The Kier molecular flexibility index (Phi) is 4.09. The molecule has 0 bridgehead atoms. The molecule has 2 aromatic carbocycles. The minimum atomic E-state index is 0.679. The maximum absolute atomic E-state index is 8.82. The summed E-state index contributed by atoms with van der Waals surface area (Å²) in [4.78, 5) is 4.69. The van der Waals surface area contributed by atoms with Gasteiger partial charge in [0.05, 0.1) is 22.3 Å². The first-order chi connectivity index (χ1) is 10.3. The van der Waals surface area contributed by atoms with E-state index in [0.29, 0.717) is 5.56 Å². The van der Waals surface area contributed by atoms with Gasteiger partial charge in [-0.15, -0.1) is 11.3 Å². The van der Waals surface area contributed by atoms with Crippen molar-refractivity contribution in [1.82, 2.24) is 4.98 Å². The molecule has 3 heteroatoms. The number of hydrogen-bond donors (Lipinski definition) is 0. The van der Waals surface area contributed by atoms with Gasteiger partial charge in [-0.2, -0.15) is 5.26 Å². The van der Waals surface area contributed by atoms with Gasteiger partial charge in [-0.05, 0) is 24.1 Å². The highest BCUT2D eigenvalue weighted by molar-refractivity contribution is 7.09. The van der Waals surface area contributed by atoms with Gasteiger partial charge in [0.25, 0.3) is 0 Å². The highest BCUT2D eigenvalue weighted by Crippen LogP contribution is 2.23. The van der Waals surface area contributed by atoms with Gasteiger partial charge in [-0.1, -0.05) is 42.5 Å². The van der Waals surface area contributed by atoms with Gasteiger partial charge < -0.3 is 0 Å². The summed E-state index contributed by atoms with van der Waals surface area (Å²) in [6, 6.07) is 20.2. The van der Waals surface area contributed by atoms with Gasteiger partial charge in [-0.25, -0.2) is 4.98 Å². The number of thiazole rings is 1. The fraction of sp³-hybridized carbons (Fsp3) is 0.111. The molecular weight excluding hydrogens is 276 g/mol. The van der Waals surface area contributed by atoms with Crippen molar-refractivity contribution >= 4 is 11.3 Å². The standard InChI is InChI=1S/C18H14N2S/c19-12-15-6-9-16(10-7-15)17-13-21-18(20-17)11-8-14-4-2-1-3-5-14/h1-7,9-10,13H,8,11H2. The van der Waals surface area contributed by atoms with Crippen LogP contribution >= 0.6 is 11.3 Å². The van der Waals surface area contributed by atoms with E-state index in [1.165, 1.54) is 5.56 Å². The molecule has 0 aliphatic rings. The zero-order valence-corrected chi connectivity index (χ0v) is 12.3. The molecule has 0 unspecified atom stereocenters. The van der Waals surface area contributed by atoms with Gasteiger partial charge in [0, 0.05) is 17.4 Å². The lowest BCUT2D eigenvalue weighted by Gasteiger charge is -1.98. The van der Waals surface area contributed by atoms with Gasteiger partial charge in [-0.3, -0.25) is 0 Å². The average molecular weight is 290 g/mol. The number of rotatable bonds is 4. The largest absolute Gasteiger partial charge is 0.241 e. The van der Waals surface area contributed by atoms with Crippen LogP contribution in [-0.2, 0) is 12.8 Å². The molecule has 0 saturated heterocycles. The normalized spacial score (nSPS) is 10.2. The van der Waals surface area contributed by atoms with Crippen molar-refractivity contribution in [2.75, 3.05) is 0 Å². The van der Waals surface area contributed by atoms with E-state index in [0.717, 1.165) is 29.1 Å². The Bertz CT molecular complexity index is 752. The minimum Gasteiger partial charge on any atom is -0.241 e. The van der Waals surface area contributed by atoms with Crippen molar-refractivity contribution in [3.05, 3.63) is 76.1 Å². The molecule has 102 valence electrons. The first-order valence-corrected chi connectivity index (χ1v) is 7.72. The fourth-order valence-electron chi connectivity index (χ4n) is 2.17. The Morgan fingerprint density at radius 1 is 0.952 bits per heavy atom. The lowest BCUT2D eigenvalue weighted by molar-refractivity contribution is 0.945. The molecule has 0 radical (unpaired) electrons. The Hall–Kier alpha value is -2.44. The number of nitrogens with zero attached hydrogens (tertiary/aromatic N) is 2. The lowest BCUT2D eigenvalue weighted by Crippen LogP contribution is -1.90. The van der Waals surface area contributed by atoms with Crippen LogP contribution in [0.3, 0.4) is 0 Å². The third-order valence-electron chi connectivity index (χ3n) is 3.33. The summed E-state index contributed by atoms with van der Waals surface area (Å²) >= 11 is 1.70. The first kappa shape index (κ1) is 13.5. The molecule has 0 saturated carbocycles. The first-order valence-electron chi connectivity index (χ1n) is 6.84. The van der Waals surface area contributed by atoms with Crippen LogP contribution in [0.4, 0.5) is 0 Å². The van der Waals surface area contributed by atoms with Crippen LogP contribution in [-0.4, -0.2) is 4.98 Å². The molecule has 21 heavy (non-hydrogen) atoms. The van der Waals surface area contributed by atoms with E-state index in [2.05, 4.69) is 40.7 Å². The van der Waals surface area contributed by atoms with Crippen molar-refractivity contribution in [3.8, 4) is 17.3 Å². The molecule has 0 aliphatic heterocycles. The van der Waals surface area contributed by atoms with Crippen molar-refractivity contribution in [1.29, 1.82) is 5.26 Å². The van der Waals surface area contributed by atoms with Gasteiger partial charge >= 0.3 is 0 Å². The molecule has 0 aliphatic carbocycles. The molecule has 3 aromatic rings. The SMILES string of the molecule is N#Cc1ccc(-c2csc(CCc3ccccc3)n2)cc1. The van der Waals surface area contributed by atoms with Crippen LogP contribution in [0.25, 0.3) is 11.3 Å². The second-order valence-corrected chi connectivity index (χ2v) is 5.74. The Morgan fingerprint density at radius 3 is 2.43 bits per heavy atom. The number of nitriles is 1. The molecule has 0 amide bonds. The zero-order valence-electron chi connectivity index (χ0n) is 11.5. The van der Waals surface area contributed by atoms with Crippen molar-refractivity contribution in [2.24, 2.45) is 0 Å². The van der Waals surface area contributed by atoms with Crippen LogP contribution in [0.15, 0.2) is 60.0 Å². The number of benzene rings is 2. The van der Waals surface area contributed by atoms with Crippen LogP contribution in [0.2, 0.25) is 0 Å². The monoisotopic (exact) mass is 290 g/mol. The highest BCUT2D eigenvalue weighted by Gasteiger charge is 2.05. The van der Waals surface area contributed by atoms with Gasteiger partial charge in [0.15, 0.2) is 0 Å². The maximum atomic E-state index is 8.82. The van der Waals surface area contributed by atoms with E-state index in [-0.39, 0.29) is 0 Å². The summed E-state index contributed by atoms with van der Waals surface area (Å²) in [6.45, 7) is 0. The molecule has 1 heterocycles. The molecular formula is C18H14N2S. The second-order valence-electron chi connectivity index (χ2n) is 4.80. The summed E-state index contributed by atoms with van der Waals surface area (Å²) in [5, 5.41) is 12.1. The summed E-state index contributed by atoms with van der Waals surface area (Å²) in [5.41, 5.74) is 4.08. The van der Waals surface area contributed by atoms with Crippen LogP contribution in [0, 0.1) is 11.3 Å². The van der Waals surface area contributed by atoms with E-state index in [1.807, 2.05) is 30.3 Å². The van der Waals surface area contributed by atoms with E-state index in [1.54, 1.807) is 11.3 Å². The lowest BCUT2D eigenvalue weighted by atomic mass is 10.1.